The zero-order chi connectivity index (χ0) is 21.8. The van der Waals surface area contributed by atoms with Crippen LogP contribution >= 0.6 is 0 Å². The predicted molar refractivity (Wildman–Crippen MR) is 120 cm³/mol. The maximum absolute atomic E-state index is 12.7. The maximum atomic E-state index is 12.7. The molecule has 0 spiro atoms. The van der Waals surface area contributed by atoms with Gasteiger partial charge in [-0.2, -0.15) is 0 Å². The lowest BCUT2D eigenvalue weighted by Crippen LogP contribution is -2.45. The van der Waals surface area contributed by atoms with Gasteiger partial charge in [0.25, 0.3) is 11.8 Å². The van der Waals surface area contributed by atoms with E-state index in [0.29, 0.717) is 35.0 Å². The van der Waals surface area contributed by atoms with Gasteiger partial charge in [-0.15, -0.1) is 0 Å². The highest BCUT2D eigenvalue weighted by atomic mass is 16.5. The summed E-state index contributed by atoms with van der Waals surface area (Å²) in [6, 6.07) is 22.4. The van der Waals surface area contributed by atoms with E-state index in [1.54, 1.807) is 42.2 Å². The smallest absolute Gasteiger partial charge is 0.267 e. The third-order valence-corrected chi connectivity index (χ3v) is 5.24. The summed E-state index contributed by atoms with van der Waals surface area (Å²) in [5.41, 5.74) is 2.89. The molecule has 0 aromatic heterocycles. The first-order valence-electron chi connectivity index (χ1n) is 10.2. The Morgan fingerprint density at radius 3 is 2.58 bits per heavy atom. The lowest BCUT2D eigenvalue weighted by atomic mass is 10.1. The Kier molecular flexibility index (Phi) is 5.89. The van der Waals surface area contributed by atoms with Crippen molar-refractivity contribution in [2.45, 2.75) is 19.4 Å². The normalized spacial score (nSPS) is 15.1. The molecule has 1 aliphatic rings. The van der Waals surface area contributed by atoms with E-state index in [2.05, 4.69) is 5.32 Å². The number of ether oxygens (including phenoxy) is 2. The molecule has 6 heteroatoms. The zero-order valence-electron chi connectivity index (χ0n) is 17.5. The number of para-hydroxylation sites is 1. The van der Waals surface area contributed by atoms with Gasteiger partial charge >= 0.3 is 0 Å². The molecular weight excluding hydrogens is 392 g/mol. The molecule has 0 aliphatic carbocycles. The average Bonchev–Trinajstić information content (AvgIpc) is 2.80. The van der Waals surface area contributed by atoms with Gasteiger partial charge in [-0.05, 0) is 43.2 Å². The highest BCUT2D eigenvalue weighted by molar-refractivity contribution is 6.07. The summed E-state index contributed by atoms with van der Waals surface area (Å²) >= 11 is 0. The van der Waals surface area contributed by atoms with E-state index in [1.165, 1.54) is 7.11 Å². The Hall–Kier alpha value is -3.80. The molecule has 1 unspecified atom stereocenters. The van der Waals surface area contributed by atoms with Gasteiger partial charge in [0, 0.05) is 18.3 Å². The monoisotopic (exact) mass is 416 g/mol. The molecule has 0 saturated heterocycles. The average molecular weight is 416 g/mol. The van der Waals surface area contributed by atoms with Gasteiger partial charge in [0.05, 0.1) is 18.4 Å². The molecule has 0 radical (unpaired) electrons. The van der Waals surface area contributed by atoms with E-state index in [4.69, 9.17) is 9.47 Å². The predicted octanol–water partition coefficient (Wildman–Crippen LogP) is 4.30. The molecule has 1 aliphatic heterocycles. The van der Waals surface area contributed by atoms with E-state index in [1.807, 2.05) is 42.5 Å². The second kappa shape index (κ2) is 8.92. The molecule has 1 atom stereocenters. The number of carbonyl (C=O) groups is 2. The number of nitrogens with zero attached hydrogens (tertiary/aromatic N) is 1. The van der Waals surface area contributed by atoms with Crippen LogP contribution in [0.5, 0.6) is 11.5 Å². The minimum absolute atomic E-state index is 0.0748. The summed E-state index contributed by atoms with van der Waals surface area (Å²) in [4.78, 5) is 27.2. The van der Waals surface area contributed by atoms with Gasteiger partial charge in [-0.25, -0.2) is 0 Å². The van der Waals surface area contributed by atoms with E-state index in [9.17, 15) is 9.59 Å². The Bertz CT molecular complexity index is 1100. The van der Waals surface area contributed by atoms with Crippen molar-refractivity contribution in [2.24, 2.45) is 0 Å². The molecule has 0 saturated carbocycles. The van der Waals surface area contributed by atoms with E-state index >= 15 is 0 Å². The zero-order valence-corrected chi connectivity index (χ0v) is 17.5. The van der Waals surface area contributed by atoms with E-state index < -0.39 is 6.10 Å². The Balaban J connectivity index is 1.55. The molecule has 4 rings (SSSR count). The number of benzene rings is 3. The first-order chi connectivity index (χ1) is 15.1. The van der Waals surface area contributed by atoms with Crippen LogP contribution in [0.15, 0.2) is 72.8 Å². The summed E-state index contributed by atoms with van der Waals surface area (Å²) < 4.78 is 11.1. The number of hydrogen-bond donors (Lipinski definition) is 1. The van der Waals surface area contributed by atoms with Crippen LogP contribution in [0, 0.1) is 0 Å². The number of anilines is 2. The highest BCUT2D eigenvalue weighted by Crippen LogP contribution is 2.36. The molecule has 1 heterocycles. The van der Waals surface area contributed by atoms with Crippen molar-refractivity contribution < 1.29 is 19.1 Å². The highest BCUT2D eigenvalue weighted by Gasteiger charge is 2.31. The fourth-order valence-corrected chi connectivity index (χ4v) is 3.64. The van der Waals surface area contributed by atoms with Crippen LogP contribution < -0.4 is 19.7 Å². The molecule has 158 valence electrons. The van der Waals surface area contributed by atoms with Gasteiger partial charge in [-0.3, -0.25) is 9.59 Å². The van der Waals surface area contributed by atoms with Crippen molar-refractivity contribution >= 4 is 23.2 Å². The first-order valence-corrected chi connectivity index (χ1v) is 10.2. The lowest BCUT2D eigenvalue weighted by Gasteiger charge is -2.33. The number of nitrogens with one attached hydrogen (secondary N) is 1. The Labute approximate surface area is 181 Å². The summed E-state index contributed by atoms with van der Waals surface area (Å²) in [6.07, 6.45) is 0.147. The van der Waals surface area contributed by atoms with Crippen molar-refractivity contribution in [3.63, 3.8) is 0 Å². The summed E-state index contributed by atoms with van der Waals surface area (Å²) in [7, 11) is 1.53. The Morgan fingerprint density at radius 2 is 1.81 bits per heavy atom. The summed E-state index contributed by atoms with van der Waals surface area (Å²) in [5.74, 6) is 0.714. The van der Waals surface area contributed by atoms with Crippen molar-refractivity contribution in [1.82, 2.24) is 0 Å². The van der Waals surface area contributed by atoms with Crippen LogP contribution in [0.3, 0.4) is 0 Å². The quantitative estimate of drug-likeness (QED) is 0.650. The van der Waals surface area contributed by atoms with E-state index in [0.717, 1.165) is 12.0 Å². The second-order valence-corrected chi connectivity index (χ2v) is 7.32. The molecule has 3 aromatic carbocycles. The van der Waals surface area contributed by atoms with Crippen molar-refractivity contribution in [3.05, 3.63) is 83.9 Å². The van der Waals surface area contributed by atoms with Crippen molar-refractivity contribution in [1.29, 1.82) is 0 Å². The number of rotatable bonds is 6. The van der Waals surface area contributed by atoms with Gasteiger partial charge in [0.1, 0.15) is 11.5 Å². The van der Waals surface area contributed by atoms with Gasteiger partial charge in [-0.1, -0.05) is 42.5 Å². The maximum Gasteiger partial charge on any atom is 0.267 e. The molecular formula is C25H24N2O4. The Morgan fingerprint density at radius 1 is 1.06 bits per heavy atom. The fourth-order valence-electron chi connectivity index (χ4n) is 3.64. The lowest BCUT2D eigenvalue weighted by molar-refractivity contribution is -0.125. The van der Waals surface area contributed by atoms with Gasteiger partial charge < -0.3 is 19.7 Å². The van der Waals surface area contributed by atoms with Crippen LogP contribution in [0.4, 0.5) is 11.4 Å². The summed E-state index contributed by atoms with van der Waals surface area (Å²) in [5, 5.41) is 2.88. The molecule has 31 heavy (non-hydrogen) atoms. The molecule has 2 amide bonds. The standard InChI is InChI=1S/C25H24N2O4/c1-17-25(29)27(15-14-18-8-4-3-5-9-18)21-13-12-19(16-23(21)31-17)26-24(28)20-10-6-7-11-22(20)30-2/h3-13,16-17H,14-15H2,1-2H3,(H,26,28). The number of amides is 2. The van der Waals surface area contributed by atoms with Gasteiger partial charge in [0.15, 0.2) is 6.10 Å². The van der Waals surface area contributed by atoms with Crippen molar-refractivity contribution in [2.75, 3.05) is 23.9 Å². The molecule has 3 aromatic rings. The van der Waals surface area contributed by atoms with E-state index in [-0.39, 0.29) is 11.8 Å². The van der Waals surface area contributed by atoms with Gasteiger partial charge in [0.2, 0.25) is 0 Å². The molecule has 1 N–H and O–H groups in total. The van der Waals surface area contributed by atoms with Crippen LogP contribution in [-0.4, -0.2) is 31.6 Å². The largest absolute Gasteiger partial charge is 0.496 e. The summed E-state index contributed by atoms with van der Waals surface area (Å²) in [6.45, 7) is 2.29. The number of fused-ring (bicyclic) bond motifs is 1. The first kappa shape index (κ1) is 20.5. The number of methoxy groups -OCH3 is 1. The number of carbonyl (C=O) groups excluding carboxylic acids is 2. The molecule has 0 fully saturated rings. The van der Waals surface area contributed by atoms with Crippen LogP contribution in [0.25, 0.3) is 0 Å². The number of hydrogen-bond acceptors (Lipinski definition) is 4. The minimum atomic E-state index is -0.594. The third kappa shape index (κ3) is 4.38. The topological polar surface area (TPSA) is 67.9 Å². The second-order valence-electron chi connectivity index (χ2n) is 7.32. The van der Waals surface area contributed by atoms with Crippen LogP contribution in [-0.2, 0) is 11.2 Å². The minimum Gasteiger partial charge on any atom is -0.496 e. The van der Waals surface area contributed by atoms with Crippen molar-refractivity contribution in [3.8, 4) is 11.5 Å². The van der Waals surface area contributed by atoms with Crippen LogP contribution in [0.2, 0.25) is 0 Å². The molecule has 6 nitrogen and oxygen atoms in total. The third-order valence-electron chi connectivity index (χ3n) is 5.24. The fraction of sp³-hybridized carbons (Fsp3) is 0.200. The molecule has 0 bridgehead atoms. The van der Waals surface area contributed by atoms with Crippen LogP contribution in [0.1, 0.15) is 22.8 Å². The SMILES string of the molecule is COc1ccccc1C(=O)Nc1ccc2c(c1)OC(C)C(=O)N2CCc1ccccc1.